The molecule has 3 aromatic heterocycles. The molecule has 0 saturated heterocycles. The van der Waals surface area contributed by atoms with Crippen molar-refractivity contribution in [2.75, 3.05) is 0 Å². The lowest BCUT2D eigenvalue weighted by Crippen LogP contribution is -2.02. The molecule has 0 fully saturated rings. The molecule has 0 bridgehead atoms. The Labute approximate surface area is 186 Å². The summed E-state index contributed by atoms with van der Waals surface area (Å²) in [6.07, 6.45) is 0. The summed E-state index contributed by atoms with van der Waals surface area (Å²) < 4.78 is 13.8. The third-order valence-corrected chi connectivity index (χ3v) is 5.61. The molecular weight excluding hydrogens is 400 g/mol. The number of aryl methyl sites for hydroxylation is 4. The Hall–Kier alpha value is -3.93. The molecule has 0 aliphatic rings. The van der Waals surface area contributed by atoms with Gasteiger partial charge in [-0.3, -0.25) is 0 Å². The molecule has 0 radical (unpaired) electrons. The number of para-hydroxylation sites is 1. The Bertz CT molecular complexity index is 1420. The van der Waals surface area contributed by atoms with E-state index in [1.54, 1.807) is 0 Å². The molecule has 0 spiro atoms. The van der Waals surface area contributed by atoms with E-state index in [9.17, 15) is 0 Å². The van der Waals surface area contributed by atoms with Crippen molar-refractivity contribution in [1.82, 2.24) is 19.7 Å². The standard InChI is InChI=1S/C26H24N4O2/c1-16-10-8-9-13-21(16)26-27-22(19(4)32-26)15-31-23-14-17(2)24-18(3)29-30(25(24)28-23)20-11-6-5-7-12-20/h5-14H,15H2,1-4H3. The molecule has 0 aliphatic carbocycles. The third-order valence-electron chi connectivity index (χ3n) is 5.61. The average Bonchev–Trinajstić information content (AvgIpc) is 3.33. The van der Waals surface area contributed by atoms with E-state index in [1.807, 2.05) is 86.1 Å². The van der Waals surface area contributed by atoms with Gasteiger partial charge in [0.2, 0.25) is 11.8 Å². The van der Waals surface area contributed by atoms with Crippen LogP contribution in [0.2, 0.25) is 0 Å². The van der Waals surface area contributed by atoms with Crippen LogP contribution in [0.25, 0.3) is 28.2 Å². The molecule has 5 rings (SSSR count). The Kier molecular flexibility index (Phi) is 4.98. The zero-order valence-electron chi connectivity index (χ0n) is 18.6. The van der Waals surface area contributed by atoms with Gasteiger partial charge in [0, 0.05) is 17.0 Å². The zero-order chi connectivity index (χ0) is 22.2. The van der Waals surface area contributed by atoms with Crippen LogP contribution in [0.4, 0.5) is 0 Å². The van der Waals surface area contributed by atoms with Crippen molar-refractivity contribution in [1.29, 1.82) is 0 Å². The van der Waals surface area contributed by atoms with Crippen molar-refractivity contribution < 1.29 is 9.15 Å². The van der Waals surface area contributed by atoms with E-state index in [0.717, 1.165) is 50.6 Å². The summed E-state index contributed by atoms with van der Waals surface area (Å²) in [5.74, 6) is 1.88. The van der Waals surface area contributed by atoms with Gasteiger partial charge < -0.3 is 9.15 Å². The Morgan fingerprint density at radius 2 is 1.62 bits per heavy atom. The van der Waals surface area contributed by atoms with E-state index >= 15 is 0 Å². The second kappa shape index (κ2) is 7.96. The van der Waals surface area contributed by atoms with Crippen molar-refractivity contribution in [2.45, 2.75) is 34.3 Å². The molecule has 5 aromatic rings. The van der Waals surface area contributed by atoms with Crippen molar-refractivity contribution in [3.8, 4) is 23.0 Å². The largest absolute Gasteiger partial charge is 0.471 e. The van der Waals surface area contributed by atoms with Crippen molar-refractivity contribution in [3.63, 3.8) is 0 Å². The molecule has 3 heterocycles. The number of benzene rings is 2. The van der Waals surface area contributed by atoms with E-state index in [2.05, 4.69) is 11.9 Å². The zero-order valence-corrected chi connectivity index (χ0v) is 18.6. The van der Waals surface area contributed by atoms with Crippen LogP contribution in [0.3, 0.4) is 0 Å². The highest BCUT2D eigenvalue weighted by atomic mass is 16.5. The molecule has 160 valence electrons. The maximum Gasteiger partial charge on any atom is 0.226 e. The Morgan fingerprint density at radius 3 is 2.41 bits per heavy atom. The Morgan fingerprint density at radius 1 is 0.875 bits per heavy atom. The van der Waals surface area contributed by atoms with Gasteiger partial charge in [-0.15, -0.1) is 0 Å². The van der Waals surface area contributed by atoms with Crippen LogP contribution in [-0.4, -0.2) is 19.7 Å². The molecule has 32 heavy (non-hydrogen) atoms. The molecular formula is C26H24N4O2. The van der Waals surface area contributed by atoms with Crippen LogP contribution in [0.5, 0.6) is 5.88 Å². The van der Waals surface area contributed by atoms with Crippen LogP contribution in [0.1, 0.15) is 28.3 Å². The van der Waals surface area contributed by atoms with E-state index in [1.165, 1.54) is 0 Å². The van der Waals surface area contributed by atoms with Gasteiger partial charge in [-0.05, 0) is 57.0 Å². The lowest BCUT2D eigenvalue weighted by molar-refractivity contribution is 0.288. The van der Waals surface area contributed by atoms with Gasteiger partial charge in [0.25, 0.3) is 0 Å². The molecule has 0 aliphatic heterocycles. The molecule has 0 unspecified atom stereocenters. The molecule has 0 atom stereocenters. The van der Waals surface area contributed by atoms with Gasteiger partial charge in [-0.1, -0.05) is 36.4 Å². The minimum atomic E-state index is 0.275. The van der Waals surface area contributed by atoms with Gasteiger partial charge in [-0.25, -0.2) is 9.67 Å². The number of ether oxygens (including phenoxy) is 1. The van der Waals surface area contributed by atoms with Crippen LogP contribution >= 0.6 is 0 Å². The van der Waals surface area contributed by atoms with Crippen LogP contribution < -0.4 is 4.74 Å². The fourth-order valence-corrected chi connectivity index (χ4v) is 3.93. The second-order valence-electron chi connectivity index (χ2n) is 7.93. The number of fused-ring (bicyclic) bond motifs is 1. The Balaban J connectivity index is 1.46. The number of aromatic nitrogens is 4. The van der Waals surface area contributed by atoms with Gasteiger partial charge in [0.05, 0.1) is 11.4 Å². The lowest BCUT2D eigenvalue weighted by atomic mass is 10.1. The third kappa shape index (κ3) is 3.54. The highest BCUT2D eigenvalue weighted by Gasteiger charge is 2.17. The predicted molar refractivity (Wildman–Crippen MR) is 124 cm³/mol. The minimum Gasteiger partial charge on any atom is -0.471 e. The number of nitrogens with zero attached hydrogens (tertiary/aromatic N) is 4. The summed E-state index contributed by atoms with van der Waals surface area (Å²) in [5, 5.41) is 5.75. The summed E-state index contributed by atoms with van der Waals surface area (Å²) >= 11 is 0. The number of hydrogen-bond donors (Lipinski definition) is 0. The smallest absolute Gasteiger partial charge is 0.226 e. The maximum atomic E-state index is 6.07. The first-order valence-electron chi connectivity index (χ1n) is 10.6. The van der Waals surface area contributed by atoms with Crippen molar-refractivity contribution in [2.24, 2.45) is 0 Å². The van der Waals surface area contributed by atoms with Crippen LogP contribution in [0.15, 0.2) is 65.1 Å². The number of oxazole rings is 1. The first kappa shape index (κ1) is 20.0. The minimum absolute atomic E-state index is 0.275. The predicted octanol–water partition coefficient (Wildman–Crippen LogP) is 5.89. The highest BCUT2D eigenvalue weighted by Crippen LogP contribution is 2.28. The van der Waals surface area contributed by atoms with Gasteiger partial charge in [0.15, 0.2) is 5.65 Å². The monoisotopic (exact) mass is 424 g/mol. The summed E-state index contributed by atoms with van der Waals surface area (Å²) in [4.78, 5) is 9.45. The van der Waals surface area contributed by atoms with Crippen molar-refractivity contribution >= 4 is 11.0 Å². The molecule has 0 saturated carbocycles. The molecule has 0 amide bonds. The highest BCUT2D eigenvalue weighted by molar-refractivity contribution is 5.83. The molecule has 6 heteroatoms. The summed E-state index contributed by atoms with van der Waals surface area (Å²) in [5.41, 5.74) is 6.62. The fraction of sp³-hybridized carbons (Fsp3) is 0.192. The maximum absolute atomic E-state index is 6.07. The number of pyridine rings is 1. The van der Waals surface area contributed by atoms with E-state index in [4.69, 9.17) is 19.2 Å². The quantitative estimate of drug-likeness (QED) is 0.352. The van der Waals surface area contributed by atoms with Gasteiger partial charge >= 0.3 is 0 Å². The van der Waals surface area contributed by atoms with E-state index in [-0.39, 0.29) is 6.61 Å². The first-order chi connectivity index (χ1) is 15.5. The van der Waals surface area contributed by atoms with Crippen LogP contribution in [0, 0.1) is 27.7 Å². The lowest BCUT2D eigenvalue weighted by Gasteiger charge is -2.07. The molecule has 0 N–H and O–H groups in total. The first-order valence-corrected chi connectivity index (χ1v) is 10.6. The molecule has 6 nitrogen and oxygen atoms in total. The summed E-state index contributed by atoms with van der Waals surface area (Å²) in [6.45, 7) is 8.28. The van der Waals surface area contributed by atoms with Gasteiger partial charge in [-0.2, -0.15) is 10.1 Å². The van der Waals surface area contributed by atoms with E-state index in [0.29, 0.717) is 11.8 Å². The van der Waals surface area contributed by atoms with E-state index < -0.39 is 0 Å². The number of rotatable bonds is 5. The molecule has 2 aromatic carbocycles. The summed E-state index contributed by atoms with van der Waals surface area (Å²) in [6, 6.07) is 20.0. The summed E-state index contributed by atoms with van der Waals surface area (Å²) in [7, 11) is 0. The van der Waals surface area contributed by atoms with Gasteiger partial charge in [0.1, 0.15) is 18.1 Å². The topological polar surface area (TPSA) is 66.0 Å². The van der Waals surface area contributed by atoms with Crippen molar-refractivity contribution in [3.05, 3.63) is 88.9 Å². The average molecular weight is 425 g/mol. The normalized spacial score (nSPS) is 11.2. The number of hydrogen-bond acceptors (Lipinski definition) is 5. The fourth-order valence-electron chi connectivity index (χ4n) is 3.93. The SMILES string of the molecule is Cc1ccccc1-c1nc(COc2cc(C)c3c(C)nn(-c4ccccc4)c3n2)c(C)o1. The van der Waals surface area contributed by atoms with Crippen LogP contribution in [-0.2, 0) is 6.61 Å². The second-order valence-corrected chi connectivity index (χ2v) is 7.93.